The molecule has 1 saturated heterocycles. The van der Waals surface area contributed by atoms with Gasteiger partial charge in [0.15, 0.2) is 5.78 Å². The SMILES string of the molecule is O=C1CC(c2ccsc2)(c2cccc(Oc3ccc(C(F)(F)F)cc3)n2)NC(=O)C1Sc1ccccc1Cl. The van der Waals surface area contributed by atoms with Crippen LogP contribution in [0, 0.1) is 0 Å². The maximum absolute atomic E-state index is 13.4. The number of halogens is 4. The number of nitrogens with one attached hydrogen (secondary N) is 1. The lowest BCUT2D eigenvalue weighted by Crippen LogP contribution is -2.58. The summed E-state index contributed by atoms with van der Waals surface area (Å²) >= 11 is 8.75. The predicted octanol–water partition coefficient (Wildman–Crippen LogP) is 7.10. The highest BCUT2D eigenvalue weighted by Crippen LogP contribution is 2.41. The number of pyridine rings is 1. The molecule has 1 aliphatic heterocycles. The van der Waals surface area contributed by atoms with Crippen molar-refractivity contribution in [1.82, 2.24) is 10.3 Å². The number of aromatic nitrogens is 1. The van der Waals surface area contributed by atoms with Gasteiger partial charge in [-0.3, -0.25) is 9.59 Å². The number of thiophene rings is 1. The van der Waals surface area contributed by atoms with Crippen LogP contribution in [0.2, 0.25) is 5.02 Å². The molecule has 1 amide bonds. The first-order valence-electron chi connectivity index (χ1n) is 11.3. The summed E-state index contributed by atoms with van der Waals surface area (Å²) in [6.45, 7) is 0. The van der Waals surface area contributed by atoms with Crippen molar-refractivity contribution < 1.29 is 27.5 Å². The van der Waals surface area contributed by atoms with Crippen LogP contribution < -0.4 is 10.1 Å². The molecule has 0 radical (unpaired) electrons. The van der Waals surface area contributed by atoms with Gasteiger partial charge in [0.1, 0.15) is 16.5 Å². The molecule has 0 bridgehead atoms. The van der Waals surface area contributed by atoms with Gasteiger partial charge in [-0.25, -0.2) is 4.98 Å². The zero-order valence-corrected chi connectivity index (χ0v) is 21.8. The van der Waals surface area contributed by atoms with Crippen molar-refractivity contribution in [2.75, 3.05) is 0 Å². The highest BCUT2D eigenvalue weighted by atomic mass is 35.5. The minimum Gasteiger partial charge on any atom is -0.439 e. The van der Waals surface area contributed by atoms with E-state index in [2.05, 4.69) is 10.3 Å². The van der Waals surface area contributed by atoms with Crippen molar-refractivity contribution in [3.05, 3.63) is 105 Å². The van der Waals surface area contributed by atoms with Crippen molar-refractivity contribution >= 4 is 46.4 Å². The average molecular weight is 575 g/mol. The third-order valence-corrected chi connectivity index (χ3v) is 8.41. The number of Topliss-reactive ketones (excluding diaryl/α,β-unsaturated/α-hetero) is 1. The number of amides is 1. The van der Waals surface area contributed by atoms with Gasteiger partial charge in [0.25, 0.3) is 0 Å². The Kier molecular flexibility index (Phi) is 7.21. The Balaban J connectivity index is 1.45. The molecule has 0 saturated carbocycles. The molecule has 1 fully saturated rings. The number of hydrogen-bond acceptors (Lipinski definition) is 6. The smallest absolute Gasteiger partial charge is 0.416 e. The normalized spacial score (nSPS) is 19.7. The monoisotopic (exact) mass is 574 g/mol. The number of hydrogen-bond donors (Lipinski definition) is 1. The van der Waals surface area contributed by atoms with E-state index in [1.165, 1.54) is 23.5 Å². The summed E-state index contributed by atoms with van der Waals surface area (Å²) in [4.78, 5) is 31.9. The molecule has 5 rings (SSSR count). The van der Waals surface area contributed by atoms with Crippen LogP contribution in [-0.2, 0) is 21.3 Å². The molecule has 194 valence electrons. The Hall–Kier alpha value is -3.34. The lowest BCUT2D eigenvalue weighted by atomic mass is 9.79. The van der Waals surface area contributed by atoms with Gasteiger partial charge in [0.05, 0.1) is 16.3 Å². The number of rotatable bonds is 6. The number of nitrogens with zero attached hydrogens (tertiary/aromatic N) is 1. The van der Waals surface area contributed by atoms with Gasteiger partial charge in [-0.1, -0.05) is 29.8 Å². The molecule has 0 aliphatic carbocycles. The van der Waals surface area contributed by atoms with Gasteiger partial charge in [-0.15, -0.1) is 11.8 Å². The first-order valence-corrected chi connectivity index (χ1v) is 13.5. The summed E-state index contributed by atoms with van der Waals surface area (Å²) in [6, 6.07) is 17.9. The van der Waals surface area contributed by atoms with Crippen molar-refractivity contribution in [1.29, 1.82) is 0 Å². The third-order valence-electron chi connectivity index (χ3n) is 5.97. The van der Waals surface area contributed by atoms with Crippen LogP contribution in [-0.4, -0.2) is 21.9 Å². The zero-order valence-electron chi connectivity index (χ0n) is 19.4. The van der Waals surface area contributed by atoms with Crippen LogP contribution in [0.1, 0.15) is 23.2 Å². The number of benzene rings is 2. The van der Waals surface area contributed by atoms with E-state index in [0.29, 0.717) is 21.2 Å². The minimum absolute atomic E-state index is 0.0612. The highest BCUT2D eigenvalue weighted by molar-refractivity contribution is 8.01. The number of alkyl halides is 3. The van der Waals surface area contributed by atoms with Crippen LogP contribution in [0.25, 0.3) is 0 Å². The Morgan fingerprint density at radius 2 is 1.79 bits per heavy atom. The van der Waals surface area contributed by atoms with E-state index in [0.717, 1.165) is 23.9 Å². The average Bonchev–Trinajstić information content (AvgIpc) is 3.43. The maximum Gasteiger partial charge on any atom is 0.416 e. The molecule has 3 heterocycles. The van der Waals surface area contributed by atoms with Crippen molar-refractivity contribution in [3.8, 4) is 11.6 Å². The second-order valence-corrected chi connectivity index (χ2v) is 10.8. The van der Waals surface area contributed by atoms with Crippen molar-refractivity contribution in [2.45, 2.75) is 28.3 Å². The second-order valence-electron chi connectivity index (χ2n) is 8.46. The molecule has 2 aromatic carbocycles. The molecule has 1 N–H and O–H groups in total. The number of ketones is 1. The van der Waals surface area contributed by atoms with E-state index >= 15 is 0 Å². The molecule has 5 nitrogen and oxygen atoms in total. The summed E-state index contributed by atoms with van der Waals surface area (Å²) in [5.74, 6) is -0.507. The van der Waals surface area contributed by atoms with Crippen LogP contribution in [0.4, 0.5) is 13.2 Å². The molecule has 38 heavy (non-hydrogen) atoms. The summed E-state index contributed by atoms with van der Waals surface area (Å²) in [6.07, 6.45) is -4.52. The fourth-order valence-corrected chi connectivity index (χ4v) is 6.10. The predicted molar refractivity (Wildman–Crippen MR) is 140 cm³/mol. The number of carbonyl (C=O) groups is 2. The molecule has 1 aliphatic rings. The lowest BCUT2D eigenvalue weighted by molar-refractivity contribution is -0.137. The van der Waals surface area contributed by atoms with Gasteiger partial charge in [-0.05, 0) is 64.9 Å². The molecule has 2 unspecified atom stereocenters. The Bertz CT molecular complexity index is 1460. The van der Waals surface area contributed by atoms with Crippen LogP contribution >= 0.6 is 34.7 Å². The third kappa shape index (κ3) is 5.29. The standard InChI is InChI=1S/C27H18ClF3N2O3S2/c28-19-4-1-2-5-21(19)38-24-20(34)14-26(33-25(24)35,17-12-13-37-15-17)22-6-3-7-23(32-22)36-18-10-8-16(9-11-18)27(29,30)31/h1-13,15,24H,14H2,(H,33,35). The summed E-state index contributed by atoms with van der Waals surface area (Å²) in [5, 5.41) is 6.15. The Labute approximate surface area is 229 Å². The summed E-state index contributed by atoms with van der Waals surface area (Å²) in [7, 11) is 0. The molecular formula is C27H18ClF3N2O3S2. The van der Waals surface area contributed by atoms with E-state index in [1.807, 2.05) is 16.8 Å². The minimum atomic E-state index is -4.46. The van der Waals surface area contributed by atoms with Crippen LogP contribution in [0.3, 0.4) is 0 Å². The van der Waals surface area contributed by atoms with Gasteiger partial charge >= 0.3 is 6.18 Å². The summed E-state index contributed by atoms with van der Waals surface area (Å²) in [5.41, 5.74) is -0.992. The van der Waals surface area contributed by atoms with Gasteiger partial charge in [-0.2, -0.15) is 24.5 Å². The Morgan fingerprint density at radius 3 is 2.45 bits per heavy atom. The molecule has 2 aromatic heterocycles. The van der Waals surface area contributed by atoms with E-state index < -0.39 is 28.4 Å². The number of thioether (sulfide) groups is 1. The highest BCUT2D eigenvalue weighted by Gasteiger charge is 2.48. The molecule has 2 atom stereocenters. The van der Waals surface area contributed by atoms with Gasteiger partial charge < -0.3 is 10.1 Å². The first-order chi connectivity index (χ1) is 18.2. The van der Waals surface area contributed by atoms with E-state index in [9.17, 15) is 22.8 Å². The van der Waals surface area contributed by atoms with Gasteiger partial charge in [0.2, 0.25) is 11.8 Å². The van der Waals surface area contributed by atoms with Crippen molar-refractivity contribution in [3.63, 3.8) is 0 Å². The number of piperidine rings is 1. The van der Waals surface area contributed by atoms with Crippen LogP contribution in [0.5, 0.6) is 11.6 Å². The first kappa shape index (κ1) is 26.3. The molecule has 0 spiro atoms. The fourth-order valence-electron chi connectivity index (χ4n) is 4.13. The topological polar surface area (TPSA) is 68.3 Å². The van der Waals surface area contributed by atoms with E-state index in [1.54, 1.807) is 42.5 Å². The molecule has 11 heteroatoms. The van der Waals surface area contributed by atoms with E-state index in [-0.39, 0.29) is 23.8 Å². The Morgan fingerprint density at radius 1 is 1.03 bits per heavy atom. The second kappa shape index (κ2) is 10.4. The number of carbonyl (C=O) groups excluding carboxylic acids is 2. The lowest BCUT2D eigenvalue weighted by Gasteiger charge is -2.39. The quantitative estimate of drug-likeness (QED) is 0.249. The molecular weight excluding hydrogens is 557 g/mol. The molecule has 4 aromatic rings. The number of ether oxygens (including phenoxy) is 1. The van der Waals surface area contributed by atoms with Gasteiger partial charge in [0, 0.05) is 17.4 Å². The maximum atomic E-state index is 13.4. The zero-order chi connectivity index (χ0) is 26.9. The largest absolute Gasteiger partial charge is 0.439 e. The summed E-state index contributed by atoms with van der Waals surface area (Å²) < 4.78 is 44.4. The van der Waals surface area contributed by atoms with Crippen molar-refractivity contribution in [2.24, 2.45) is 0 Å². The fraction of sp³-hybridized carbons (Fsp3) is 0.148. The van der Waals surface area contributed by atoms with Crippen LogP contribution in [0.15, 0.2) is 88.5 Å². The van der Waals surface area contributed by atoms with E-state index in [4.69, 9.17) is 16.3 Å².